The van der Waals surface area contributed by atoms with Crippen LogP contribution in [0.25, 0.3) is 11.5 Å². The van der Waals surface area contributed by atoms with Crippen molar-refractivity contribution in [3.63, 3.8) is 0 Å². The zero-order chi connectivity index (χ0) is 19.5. The first-order chi connectivity index (χ1) is 13.6. The topological polar surface area (TPSA) is 84.2 Å². The molecule has 0 unspecified atom stereocenters. The second-order valence-electron chi connectivity index (χ2n) is 6.86. The third-order valence-electron chi connectivity index (χ3n) is 4.76. The van der Waals surface area contributed by atoms with Crippen LogP contribution in [-0.4, -0.2) is 16.8 Å². The standard InChI is InChI=1S/C21H21N3O3S/c1-13(25)22-11-17-8-9-19(27-17)18-12-28-21(23-18)24-20(26)16-7-6-14-4-2-3-5-15(14)10-16/h6-10,12H,2-5,11H2,1H3,(H,22,25)(H,23,24,26). The SMILES string of the molecule is CC(=O)NCc1ccc(-c2csc(NC(=O)c3ccc4c(c3)CCCC4)n2)o1. The van der Waals surface area contributed by atoms with E-state index < -0.39 is 0 Å². The van der Waals surface area contributed by atoms with Gasteiger partial charge in [-0.2, -0.15) is 0 Å². The predicted octanol–water partition coefficient (Wildman–Crippen LogP) is 4.17. The summed E-state index contributed by atoms with van der Waals surface area (Å²) in [5.41, 5.74) is 3.95. The molecule has 6 nitrogen and oxygen atoms in total. The summed E-state index contributed by atoms with van der Waals surface area (Å²) in [6.07, 6.45) is 4.54. The number of amides is 2. The molecule has 0 atom stereocenters. The van der Waals surface area contributed by atoms with E-state index in [2.05, 4.69) is 21.7 Å². The van der Waals surface area contributed by atoms with Crippen molar-refractivity contribution >= 4 is 28.3 Å². The number of furan rings is 1. The van der Waals surface area contributed by atoms with Crippen LogP contribution in [0.3, 0.4) is 0 Å². The van der Waals surface area contributed by atoms with Crippen molar-refractivity contribution < 1.29 is 14.0 Å². The third-order valence-corrected chi connectivity index (χ3v) is 5.52. The Morgan fingerprint density at radius 1 is 1.14 bits per heavy atom. The summed E-state index contributed by atoms with van der Waals surface area (Å²) in [5.74, 6) is 0.988. The first-order valence-corrected chi connectivity index (χ1v) is 10.2. The van der Waals surface area contributed by atoms with Crippen LogP contribution in [0.5, 0.6) is 0 Å². The number of nitrogens with zero attached hydrogens (tertiary/aromatic N) is 1. The van der Waals surface area contributed by atoms with Crippen molar-refractivity contribution in [3.05, 3.63) is 58.2 Å². The van der Waals surface area contributed by atoms with Gasteiger partial charge < -0.3 is 9.73 Å². The molecule has 2 aromatic heterocycles. The molecule has 2 N–H and O–H groups in total. The lowest BCUT2D eigenvalue weighted by atomic mass is 9.90. The molecule has 0 saturated heterocycles. The molecule has 28 heavy (non-hydrogen) atoms. The van der Waals surface area contributed by atoms with Gasteiger partial charge in [-0.3, -0.25) is 14.9 Å². The highest BCUT2D eigenvalue weighted by Crippen LogP contribution is 2.27. The molecular formula is C21H21N3O3S. The van der Waals surface area contributed by atoms with Crippen molar-refractivity contribution in [2.24, 2.45) is 0 Å². The van der Waals surface area contributed by atoms with Gasteiger partial charge in [-0.15, -0.1) is 11.3 Å². The molecule has 144 valence electrons. The molecule has 2 amide bonds. The maximum Gasteiger partial charge on any atom is 0.257 e. The number of aryl methyl sites for hydroxylation is 2. The maximum absolute atomic E-state index is 12.6. The van der Waals surface area contributed by atoms with Gasteiger partial charge in [-0.25, -0.2) is 4.98 Å². The lowest BCUT2D eigenvalue weighted by Crippen LogP contribution is -2.18. The average molecular weight is 395 g/mol. The number of rotatable bonds is 5. The number of fused-ring (bicyclic) bond motifs is 1. The summed E-state index contributed by atoms with van der Waals surface area (Å²) in [5, 5.41) is 7.92. The first-order valence-electron chi connectivity index (χ1n) is 9.31. The fraction of sp³-hybridized carbons (Fsp3) is 0.286. The maximum atomic E-state index is 12.6. The molecule has 0 aliphatic heterocycles. The molecule has 7 heteroatoms. The average Bonchev–Trinajstić information content (AvgIpc) is 3.35. The van der Waals surface area contributed by atoms with Crippen molar-refractivity contribution in [2.75, 3.05) is 5.32 Å². The van der Waals surface area contributed by atoms with Crippen LogP contribution in [-0.2, 0) is 24.2 Å². The Bertz CT molecular complexity index is 1020. The summed E-state index contributed by atoms with van der Waals surface area (Å²) >= 11 is 1.35. The Hall–Kier alpha value is -2.93. The third kappa shape index (κ3) is 4.14. The van der Waals surface area contributed by atoms with Gasteiger partial charge in [0.15, 0.2) is 10.9 Å². The van der Waals surface area contributed by atoms with Crippen LogP contribution in [0.1, 0.15) is 47.0 Å². The van der Waals surface area contributed by atoms with Crippen LogP contribution in [0, 0.1) is 0 Å². The first kappa shape index (κ1) is 18.4. The highest BCUT2D eigenvalue weighted by molar-refractivity contribution is 7.14. The number of hydrogen-bond acceptors (Lipinski definition) is 5. The van der Waals surface area contributed by atoms with Crippen molar-refractivity contribution in [3.8, 4) is 11.5 Å². The van der Waals surface area contributed by atoms with Crippen molar-refractivity contribution in [2.45, 2.75) is 39.2 Å². The van der Waals surface area contributed by atoms with E-state index in [0.29, 0.717) is 34.5 Å². The zero-order valence-electron chi connectivity index (χ0n) is 15.6. The van der Waals surface area contributed by atoms with Crippen LogP contribution in [0.15, 0.2) is 40.1 Å². The second kappa shape index (κ2) is 7.98. The number of hydrogen-bond donors (Lipinski definition) is 2. The summed E-state index contributed by atoms with van der Waals surface area (Å²) in [7, 11) is 0. The van der Waals surface area contributed by atoms with Gasteiger partial charge in [-0.1, -0.05) is 6.07 Å². The van der Waals surface area contributed by atoms with Crippen molar-refractivity contribution in [1.29, 1.82) is 0 Å². The number of thiazole rings is 1. The molecule has 0 fully saturated rings. The molecule has 0 bridgehead atoms. The van der Waals surface area contributed by atoms with Crippen molar-refractivity contribution in [1.82, 2.24) is 10.3 Å². The Morgan fingerprint density at radius 2 is 1.96 bits per heavy atom. The minimum Gasteiger partial charge on any atom is -0.458 e. The Balaban J connectivity index is 1.43. The van der Waals surface area contributed by atoms with Crippen LogP contribution in [0.4, 0.5) is 5.13 Å². The van der Waals surface area contributed by atoms with Crippen LogP contribution < -0.4 is 10.6 Å². The lowest BCUT2D eigenvalue weighted by Gasteiger charge is -2.16. The number of carbonyl (C=O) groups excluding carboxylic acids is 2. The molecule has 3 aromatic rings. The number of anilines is 1. The van der Waals surface area contributed by atoms with Gasteiger partial charge in [-0.05, 0) is 61.1 Å². The van der Waals surface area contributed by atoms with E-state index in [1.54, 1.807) is 12.1 Å². The highest BCUT2D eigenvalue weighted by Gasteiger charge is 2.15. The predicted molar refractivity (Wildman–Crippen MR) is 108 cm³/mol. The highest BCUT2D eigenvalue weighted by atomic mass is 32.1. The van der Waals surface area contributed by atoms with E-state index in [9.17, 15) is 9.59 Å². The molecular weight excluding hydrogens is 374 g/mol. The second-order valence-corrected chi connectivity index (χ2v) is 7.72. The Morgan fingerprint density at radius 3 is 2.79 bits per heavy atom. The minimum absolute atomic E-state index is 0.112. The number of carbonyl (C=O) groups is 2. The molecule has 0 saturated carbocycles. The quantitative estimate of drug-likeness (QED) is 0.679. The Labute approximate surface area is 167 Å². The smallest absolute Gasteiger partial charge is 0.257 e. The van der Waals surface area contributed by atoms with Crippen LogP contribution in [0.2, 0.25) is 0 Å². The van der Waals surface area contributed by atoms with E-state index in [1.165, 1.54) is 42.2 Å². The van der Waals surface area contributed by atoms with Gasteiger partial charge in [0.1, 0.15) is 11.5 Å². The van der Waals surface area contributed by atoms with Gasteiger partial charge in [0.05, 0.1) is 6.54 Å². The van der Waals surface area contributed by atoms with E-state index >= 15 is 0 Å². The summed E-state index contributed by atoms with van der Waals surface area (Å²) in [4.78, 5) is 28.0. The summed E-state index contributed by atoms with van der Waals surface area (Å²) < 4.78 is 5.70. The van der Waals surface area contributed by atoms with Crippen LogP contribution >= 0.6 is 11.3 Å². The largest absolute Gasteiger partial charge is 0.458 e. The fourth-order valence-electron chi connectivity index (χ4n) is 3.31. The molecule has 1 aromatic carbocycles. The minimum atomic E-state index is -0.153. The molecule has 0 radical (unpaired) electrons. The molecule has 1 aliphatic rings. The van der Waals surface area contributed by atoms with Gasteiger partial charge in [0, 0.05) is 17.9 Å². The van der Waals surface area contributed by atoms with E-state index in [1.807, 2.05) is 17.5 Å². The number of aromatic nitrogens is 1. The van der Waals surface area contributed by atoms with E-state index in [-0.39, 0.29) is 11.8 Å². The van der Waals surface area contributed by atoms with Gasteiger partial charge in [0.2, 0.25) is 5.91 Å². The normalized spacial score (nSPS) is 13.0. The summed E-state index contributed by atoms with van der Waals surface area (Å²) in [6.45, 7) is 1.79. The molecule has 2 heterocycles. The fourth-order valence-corrected chi connectivity index (χ4v) is 4.01. The monoisotopic (exact) mass is 395 g/mol. The van der Waals surface area contributed by atoms with Gasteiger partial charge in [0.25, 0.3) is 5.91 Å². The summed E-state index contributed by atoms with van der Waals surface area (Å²) in [6, 6.07) is 9.56. The molecule has 1 aliphatic carbocycles. The molecule has 4 rings (SSSR count). The number of nitrogens with one attached hydrogen (secondary N) is 2. The van der Waals surface area contributed by atoms with Gasteiger partial charge >= 0.3 is 0 Å². The molecule has 0 spiro atoms. The van der Waals surface area contributed by atoms with E-state index in [0.717, 1.165) is 12.8 Å². The van der Waals surface area contributed by atoms with E-state index in [4.69, 9.17) is 4.42 Å². The zero-order valence-corrected chi connectivity index (χ0v) is 16.4. The number of benzene rings is 1. The lowest BCUT2D eigenvalue weighted by molar-refractivity contribution is -0.119. The Kier molecular flexibility index (Phi) is 5.25.